The van der Waals surface area contributed by atoms with Crippen LogP contribution in [0.25, 0.3) is 0 Å². The molecule has 0 fully saturated rings. The SMILES string of the molecule is Cc1cnc(CCN(C)C(=O)CCCCC(=O)O)s1. The van der Waals surface area contributed by atoms with Gasteiger partial charge in [0.25, 0.3) is 0 Å². The third kappa shape index (κ3) is 6.33. The van der Waals surface area contributed by atoms with E-state index in [4.69, 9.17) is 5.11 Å². The monoisotopic (exact) mass is 284 g/mol. The van der Waals surface area contributed by atoms with Crippen LogP contribution in [-0.4, -0.2) is 40.5 Å². The first kappa shape index (κ1) is 15.6. The molecule has 0 unspecified atom stereocenters. The summed E-state index contributed by atoms with van der Waals surface area (Å²) >= 11 is 1.65. The minimum atomic E-state index is -0.806. The van der Waals surface area contributed by atoms with Crippen molar-refractivity contribution in [3.8, 4) is 0 Å². The number of aryl methyl sites for hydroxylation is 1. The van der Waals surface area contributed by atoms with E-state index >= 15 is 0 Å². The van der Waals surface area contributed by atoms with Gasteiger partial charge in [0.15, 0.2) is 0 Å². The van der Waals surface area contributed by atoms with Crippen LogP contribution in [0.4, 0.5) is 0 Å². The first-order valence-corrected chi connectivity index (χ1v) is 7.17. The fourth-order valence-corrected chi connectivity index (χ4v) is 2.42. The van der Waals surface area contributed by atoms with Gasteiger partial charge >= 0.3 is 5.97 Å². The summed E-state index contributed by atoms with van der Waals surface area (Å²) in [5.41, 5.74) is 0. The minimum absolute atomic E-state index is 0.0682. The highest BCUT2D eigenvalue weighted by Crippen LogP contribution is 2.12. The normalized spacial score (nSPS) is 10.4. The summed E-state index contributed by atoms with van der Waals surface area (Å²) in [5.74, 6) is -0.737. The van der Waals surface area contributed by atoms with Gasteiger partial charge < -0.3 is 10.0 Å². The Morgan fingerprint density at radius 2 is 2.05 bits per heavy atom. The summed E-state index contributed by atoms with van der Waals surface area (Å²) in [6, 6.07) is 0. The Morgan fingerprint density at radius 1 is 1.37 bits per heavy atom. The average molecular weight is 284 g/mol. The average Bonchev–Trinajstić information content (AvgIpc) is 2.77. The summed E-state index contributed by atoms with van der Waals surface area (Å²) in [6.07, 6.45) is 4.35. The molecule has 0 aliphatic rings. The van der Waals surface area contributed by atoms with Crippen LogP contribution in [0.3, 0.4) is 0 Å². The second-order valence-corrected chi connectivity index (χ2v) is 5.85. The van der Waals surface area contributed by atoms with Crippen LogP contribution in [0, 0.1) is 6.92 Å². The molecular formula is C13H20N2O3S. The van der Waals surface area contributed by atoms with Crippen molar-refractivity contribution in [1.82, 2.24) is 9.88 Å². The molecule has 0 aliphatic heterocycles. The number of hydrogen-bond acceptors (Lipinski definition) is 4. The second kappa shape index (κ2) is 7.89. The van der Waals surface area contributed by atoms with Crippen molar-refractivity contribution in [1.29, 1.82) is 0 Å². The van der Waals surface area contributed by atoms with Gasteiger partial charge in [0.2, 0.25) is 5.91 Å². The van der Waals surface area contributed by atoms with E-state index in [-0.39, 0.29) is 12.3 Å². The number of nitrogens with zero attached hydrogens (tertiary/aromatic N) is 2. The van der Waals surface area contributed by atoms with Crippen LogP contribution >= 0.6 is 11.3 Å². The highest BCUT2D eigenvalue weighted by Gasteiger charge is 2.09. The quantitative estimate of drug-likeness (QED) is 0.742. The number of likely N-dealkylation sites (N-methyl/N-ethyl adjacent to an activating group) is 1. The van der Waals surface area contributed by atoms with E-state index in [0.717, 1.165) is 11.4 Å². The molecule has 0 aliphatic carbocycles. The molecule has 6 heteroatoms. The van der Waals surface area contributed by atoms with Gasteiger partial charge in [0.05, 0.1) is 5.01 Å². The molecule has 1 rings (SSSR count). The summed E-state index contributed by atoms with van der Waals surface area (Å²) < 4.78 is 0. The molecule has 5 nitrogen and oxygen atoms in total. The van der Waals surface area contributed by atoms with Crippen LogP contribution in [0.1, 0.15) is 35.6 Å². The van der Waals surface area contributed by atoms with Crippen molar-refractivity contribution >= 4 is 23.2 Å². The lowest BCUT2D eigenvalue weighted by Crippen LogP contribution is -2.28. The highest BCUT2D eigenvalue weighted by atomic mass is 32.1. The van der Waals surface area contributed by atoms with Crippen LogP contribution in [0.15, 0.2) is 6.20 Å². The number of carbonyl (C=O) groups excluding carboxylic acids is 1. The van der Waals surface area contributed by atoms with Gasteiger partial charge in [-0.15, -0.1) is 11.3 Å². The topological polar surface area (TPSA) is 70.5 Å². The van der Waals surface area contributed by atoms with Gasteiger partial charge in [0, 0.05) is 43.9 Å². The molecule has 1 aromatic rings. The van der Waals surface area contributed by atoms with E-state index in [1.54, 1.807) is 23.3 Å². The lowest BCUT2D eigenvalue weighted by Gasteiger charge is -2.16. The number of carboxylic acids is 1. The first-order chi connectivity index (χ1) is 8.99. The zero-order valence-electron chi connectivity index (χ0n) is 11.4. The van der Waals surface area contributed by atoms with Crippen LogP contribution < -0.4 is 0 Å². The molecule has 0 bridgehead atoms. The molecule has 106 valence electrons. The van der Waals surface area contributed by atoms with Gasteiger partial charge in [-0.3, -0.25) is 9.59 Å². The van der Waals surface area contributed by atoms with Crippen LogP contribution in [0.5, 0.6) is 0 Å². The third-order valence-corrected chi connectivity index (χ3v) is 3.76. The number of thiazole rings is 1. The van der Waals surface area contributed by atoms with Crippen molar-refractivity contribution in [3.05, 3.63) is 16.1 Å². The van der Waals surface area contributed by atoms with Crippen molar-refractivity contribution in [2.45, 2.75) is 39.0 Å². The summed E-state index contributed by atoms with van der Waals surface area (Å²) in [7, 11) is 1.78. The third-order valence-electron chi connectivity index (χ3n) is 2.79. The summed E-state index contributed by atoms with van der Waals surface area (Å²) in [6.45, 7) is 2.67. The fourth-order valence-electron chi connectivity index (χ4n) is 1.65. The van der Waals surface area contributed by atoms with Crippen LogP contribution in [-0.2, 0) is 16.0 Å². The van der Waals surface area contributed by atoms with E-state index in [2.05, 4.69) is 4.98 Å². The molecule has 0 radical (unpaired) electrons. The van der Waals surface area contributed by atoms with Gasteiger partial charge in [-0.2, -0.15) is 0 Å². The second-order valence-electron chi connectivity index (χ2n) is 4.53. The largest absolute Gasteiger partial charge is 0.481 e. The molecule has 1 heterocycles. The minimum Gasteiger partial charge on any atom is -0.481 e. The molecular weight excluding hydrogens is 264 g/mol. The van der Waals surface area contributed by atoms with Gasteiger partial charge in [-0.05, 0) is 19.8 Å². The zero-order valence-corrected chi connectivity index (χ0v) is 12.2. The predicted molar refractivity (Wildman–Crippen MR) is 74.3 cm³/mol. The van der Waals surface area contributed by atoms with Crippen molar-refractivity contribution in [3.63, 3.8) is 0 Å². The van der Waals surface area contributed by atoms with E-state index in [1.807, 2.05) is 13.1 Å². The first-order valence-electron chi connectivity index (χ1n) is 6.36. The number of rotatable bonds is 8. The smallest absolute Gasteiger partial charge is 0.303 e. The summed E-state index contributed by atoms with van der Waals surface area (Å²) in [5, 5.41) is 9.54. The lowest BCUT2D eigenvalue weighted by atomic mass is 10.2. The van der Waals surface area contributed by atoms with Gasteiger partial charge in [-0.25, -0.2) is 4.98 Å². The number of amides is 1. The highest BCUT2D eigenvalue weighted by molar-refractivity contribution is 7.11. The Morgan fingerprint density at radius 3 is 2.63 bits per heavy atom. The number of unbranched alkanes of at least 4 members (excludes halogenated alkanes) is 1. The molecule has 0 aromatic carbocycles. The molecule has 0 spiro atoms. The Labute approximate surface area is 117 Å². The van der Waals surface area contributed by atoms with Gasteiger partial charge in [0.1, 0.15) is 0 Å². The Hall–Kier alpha value is -1.43. The molecule has 1 N–H and O–H groups in total. The predicted octanol–water partition coefficient (Wildman–Crippen LogP) is 2.10. The van der Waals surface area contributed by atoms with E-state index < -0.39 is 5.97 Å². The fraction of sp³-hybridized carbons (Fsp3) is 0.615. The standard InChI is InChI=1S/C13H20N2O3S/c1-10-9-14-11(19-10)7-8-15(2)12(16)5-3-4-6-13(17)18/h9H,3-8H2,1-2H3,(H,17,18). The molecule has 0 atom stereocenters. The number of aliphatic carboxylic acids is 1. The Balaban J connectivity index is 2.19. The number of hydrogen-bond donors (Lipinski definition) is 1. The van der Waals surface area contributed by atoms with Crippen molar-refractivity contribution < 1.29 is 14.7 Å². The van der Waals surface area contributed by atoms with E-state index in [0.29, 0.717) is 25.8 Å². The van der Waals surface area contributed by atoms with E-state index in [9.17, 15) is 9.59 Å². The molecule has 1 amide bonds. The maximum absolute atomic E-state index is 11.8. The summed E-state index contributed by atoms with van der Waals surface area (Å²) in [4.78, 5) is 29.2. The van der Waals surface area contributed by atoms with Crippen LogP contribution in [0.2, 0.25) is 0 Å². The maximum Gasteiger partial charge on any atom is 0.303 e. The Kier molecular flexibility index (Phi) is 6.49. The zero-order chi connectivity index (χ0) is 14.3. The number of carbonyl (C=O) groups is 2. The number of carboxylic acid groups (broad SMARTS) is 1. The van der Waals surface area contributed by atoms with E-state index in [1.165, 1.54) is 4.88 Å². The maximum atomic E-state index is 11.8. The number of aromatic nitrogens is 1. The van der Waals surface area contributed by atoms with Crippen molar-refractivity contribution in [2.75, 3.05) is 13.6 Å². The van der Waals surface area contributed by atoms with Crippen molar-refractivity contribution in [2.24, 2.45) is 0 Å². The van der Waals surface area contributed by atoms with Gasteiger partial charge in [-0.1, -0.05) is 0 Å². The molecule has 0 saturated heterocycles. The lowest BCUT2D eigenvalue weighted by molar-refractivity contribution is -0.137. The molecule has 0 saturated carbocycles. The Bertz CT molecular complexity index is 431. The molecule has 1 aromatic heterocycles. The molecule has 19 heavy (non-hydrogen) atoms.